The van der Waals surface area contributed by atoms with Crippen LogP contribution in [0.4, 0.5) is 11.4 Å². The van der Waals surface area contributed by atoms with Crippen molar-refractivity contribution in [2.45, 2.75) is 6.92 Å². The number of nitrogens with one attached hydrogen (secondary N) is 1. The number of nitro groups is 1. The maximum absolute atomic E-state index is 12.2. The number of non-ortho nitro benzene ring substituents is 1. The van der Waals surface area contributed by atoms with Gasteiger partial charge in [-0.05, 0) is 31.2 Å². The fraction of sp³-hybridized carbons (Fsp3) is 0.0556. The van der Waals surface area contributed by atoms with Crippen LogP contribution in [0.25, 0.3) is 0 Å². The smallest absolute Gasteiger partial charge is 0.269 e. The van der Waals surface area contributed by atoms with Gasteiger partial charge in [0, 0.05) is 29.5 Å². The molecule has 126 valence electrons. The van der Waals surface area contributed by atoms with Gasteiger partial charge in [0.05, 0.1) is 10.5 Å². The van der Waals surface area contributed by atoms with Crippen LogP contribution in [0.1, 0.15) is 17.3 Å². The number of hydrogen-bond acceptors (Lipinski definition) is 5. The molecule has 1 amide bonds. The van der Waals surface area contributed by atoms with Crippen LogP contribution in [0.3, 0.4) is 0 Å². The zero-order valence-corrected chi connectivity index (χ0v) is 13.3. The highest BCUT2D eigenvalue weighted by atomic mass is 16.6. The number of anilines is 1. The number of rotatable bonds is 6. The molecule has 0 saturated heterocycles. The summed E-state index contributed by atoms with van der Waals surface area (Å²) in [5, 5.41) is 13.2. The molecule has 0 saturated carbocycles. The number of carbonyl (C=O) groups is 3. The molecule has 0 atom stereocenters. The number of nitro benzene ring substituents is 1. The molecular weight excluding hydrogens is 324 g/mol. The molecule has 0 fully saturated rings. The molecular formula is C18H14N2O5. The lowest BCUT2D eigenvalue weighted by Crippen LogP contribution is -2.20. The van der Waals surface area contributed by atoms with Crippen molar-refractivity contribution in [3.8, 4) is 0 Å². The van der Waals surface area contributed by atoms with Crippen LogP contribution in [0, 0.1) is 10.1 Å². The molecule has 0 radical (unpaired) electrons. The van der Waals surface area contributed by atoms with Gasteiger partial charge < -0.3 is 5.32 Å². The molecule has 7 heteroatoms. The zero-order valence-electron chi connectivity index (χ0n) is 13.3. The number of carbonyl (C=O) groups excluding carboxylic acids is 3. The molecule has 0 bridgehead atoms. The van der Waals surface area contributed by atoms with E-state index in [0.717, 1.165) is 6.08 Å². The van der Waals surface area contributed by atoms with Gasteiger partial charge >= 0.3 is 0 Å². The maximum Gasteiger partial charge on any atom is 0.269 e. The SMILES string of the molecule is CC(=O)C(=CC(=O)c1ccc([N+](=O)[O-])cc1)C(=O)Nc1ccccc1. The normalized spacial score (nSPS) is 10.8. The Labute approximate surface area is 143 Å². The van der Waals surface area contributed by atoms with Crippen LogP contribution < -0.4 is 5.32 Å². The van der Waals surface area contributed by atoms with E-state index in [1.54, 1.807) is 30.3 Å². The molecule has 0 aliphatic rings. The lowest BCUT2D eigenvalue weighted by atomic mass is 10.0. The van der Waals surface area contributed by atoms with Crippen LogP contribution in [-0.2, 0) is 9.59 Å². The first-order valence-corrected chi connectivity index (χ1v) is 7.26. The molecule has 0 aliphatic heterocycles. The first-order chi connectivity index (χ1) is 11.9. The summed E-state index contributed by atoms with van der Waals surface area (Å²) < 4.78 is 0. The minimum atomic E-state index is -0.700. The lowest BCUT2D eigenvalue weighted by molar-refractivity contribution is -0.384. The van der Waals surface area contributed by atoms with Gasteiger partial charge in [0.25, 0.3) is 11.6 Å². The summed E-state index contributed by atoms with van der Waals surface area (Å²) in [4.78, 5) is 46.2. The van der Waals surface area contributed by atoms with Gasteiger partial charge in [-0.2, -0.15) is 0 Å². The fourth-order valence-corrected chi connectivity index (χ4v) is 2.01. The molecule has 7 nitrogen and oxygen atoms in total. The Balaban J connectivity index is 2.23. The third-order valence-electron chi connectivity index (χ3n) is 3.29. The van der Waals surface area contributed by atoms with E-state index in [0.29, 0.717) is 5.69 Å². The van der Waals surface area contributed by atoms with Gasteiger partial charge in [0.15, 0.2) is 11.6 Å². The number of allylic oxidation sites excluding steroid dienone is 1. The Morgan fingerprint density at radius 1 is 1.00 bits per heavy atom. The van der Waals surface area contributed by atoms with Crippen molar-refractivity contribution < 1.29 is 19.3 Å². The van der Waals surface area contributed by atoms with Gasteiger partial charge in [-0.25, -0.2) is 0 Å². The molecule has 25 heavy (non-hydrogen) atoms. The standard InChI is InChI=1S/C18H14N2O5/c1-12(21)16(18(23)19-14-5-3-2-4-6-14)11-17(22)13-7-9-15(10-8-13)20(24)25/h2-11H,1H3,(H,19,23). The number of para-hydroxylation sites is 1. The summed E-state index contributed by atoms with van der Waals surface area (Å²) >= 11 is 0. The monoisotopic (exact) mass is 338 g/mol. The molecule has 0 aromatic heterocycles. The van der Waals surface area contributed by atoms with Crippen molar-refractivity contribution in [1.82, 2.24) is 0 Å². The summed E-state index contributed by atoms with van der Waals surface area (Å²) in [5.74, 6) is -1.86. The van der Waals surface area contributed by atoms with Crippen LogP contribution >= 0.6 is 0 Å². The first-order valence-electron chi connectivity index (χ1n) is 7.26. The largest absolute Gasteiger partial charge is 0.322 e. The van der Waals surface area contributed by atoms with Crippen LogP contribution in [0.5, 0.6) is 0 Å². The Hall–Kier alpha value is -3.61. The van der Waals surface area contributed by atoms with E-state index in [1.807, 2.05) is 0 Å². The summed E-state index contributed by atoms with van der Waals surface area (Å²) in [5.41, 5.74) is 0.167. The van der Waals surface area contributed by atoms with Crippen LogP contribution in [0.15, 0.2) is 66.2 Å². The number of Topliss-reactive ketones (excluding diaryl/α,β-unsaturated/α-hetero) is 1. The summed E-state index contributed by atoms with van der Waals surface area (Å²) in [6, 6.07) is 13.4. The maximum atomic E-state index is 12.2. The minimum Gasteiger partial charge on any atom is -0.322 e. The van der Waals surface area contributed by atoms with Crippen molar-refractivity contribution >= 4 is 28.8 Å². The van der Waals surface area contributed by atoms with E-state index in [9.17, 15) is 24.5 Å². The number of ketones is 2. The summed E-state index contributed by atoms with van der Waals surface area (Å²) in [7, 11) is 0. The first kappa shape index (κ1) is 17.7. The zero-order chi connectivity index (χ0) is 18.4. The van der Waals surface area contributed by atoms with Crippen molar-refractivity contribution in [3.05, 3.63) is 81.9 Å². The number of hydrogen-bond donors (Lipinski definition) is 1. The number of amides is 1. The fourth-order valence-electron chi connectivity index (χ4n) is 2.01. The lowest BCUT2D eigenvalue weighted by Gasteiger charge is -2.06. The number of nitrogens with zero attached hydrogens (tertiary/aromatic N) is 1. The van der Waals surface area contributed by atoms with Crippen molar-refractivity contribution in [3.63, 3.8) is 0 Å². The second-order valence-corrected chi connectivity index (χ2v) is 5.10. The van der Waals surface area contributed by atoms with Gasteiger partial charge in [-0.1, -0.05) is 18.2 Å². The minimum absolute atomic E-state index is 0.136. The van der Waals surface area contributed by atoms with E-state index >= 15 is 0 Å². The molecule has 2 aromatic carbocycles. The highest BCUT2D eigenvalue weighted by Crippen LogP contribution is 2.14. The Bertz CT molecular complexity index is 855. The third kappa shape index (κ3) is 4.68. The second-order valence-electron chi connectivity index (χ2n) is 5.10. The highest BCUT2D eigenvalue weighted by Gasteiger charge is 2.17. The van der Waals surface area contributed by atoms with Crippen LogP contribution in [0.2, 0.25) is 0 Å². The van der Waals surface area contributed by atoms with E-state index in [1.165, 1.54) is 31.2 Å². The van der Waals surface area contributed by atoms with Crippen molar-refractivity contribution in [1.29, 1.82) is 0 Å². The van der Waals surface area contributed by atoms with Gasteiger partial charge in [0.2, 0.25) is 0 Å². The van der Waals surface area contributed by atoms with E-state index < -0.39 is 22.4 Å². The quantitative estimate of drug-likeness (QED) is 0.218. The second kappa shape index (κ2) is 7.78. The van der Waals surface area contributed by atoms with Gasteiger partial charge in [-0.15, -0.1) is 0 Å². The predicted molar refractivity (Wildman–Crippen MR) is 91.3 cm³/mol. The highest BCUT2D eigenvalue weighted by molar-refractivity contribution is 6.26. The molecule has 0 unspecified atom stereocenters. The predicted octanol–water partition coefficient (Wildman–Crippen LogP) is 2.93. The molecule has 0 aliphatic carbocycles. The summed E-state index contributed by atoms with van der Waals surface area (Å²) in [6.07, 6.45) is 0.932. The van der Waals surface area contributed by atoms with E-state index in [-0.39, 0.29) is 16.8 Å². The third-order valence-corrected chi connectivity index (χ3v) is 3.29. The summed E-state index contributed by atoms with van der Waals surface area (Å²) in [6.45, 7) is 1.18. The van der Waals surface area contributed by atoms with E-state index in [2.05, 4.69) is 5.32 Å². The van der Waals surface area contributed by atoms with Crippen LogP contribution in [-0.4, -0.2) is 22.4 Å². The van der Waals surface area contributed by atoms with Crippen molar-refractivity contribution in [2.75, 3.05) is 5.32 Å². The average molecular weight is 338 g/mol. The Morgan fingerprint density at radius 3 is 2.12 bits per heavy atom. The van der Waals surface area contributed by atoms with Gasteiger partial charge in [-0.3, -0.25) is 24.5 Å². The topological polar surface area (TPSA) is 106 Å². The van der Waals surface area contributed by atoms with Crippen molar-refractivity contribution in [2.24, 2.45) is 0 Å². The number of benzene rings is 2. The molecule has 1 N–H and O–H groups in total. The molecule has 0 heterocycles. The average Bonchev–Trinajstić information content (AvgIpc) is 2.60. The Morgan fingerprint density at radius 2 is 1.60 bits per heavy atom. The van der Waals surface area contributed by atoms with Gasteiger partial charge in [0.1, 0.15) is 0 Å². The van der Waals surface area contributed by atoms with E-state index in [4.69, 9.17) is 0 Å². The molecule has 2 aromatic rings. The molecule has 2 rings (SSSR count). The Kier molecular flexibility index (Phi) is 5.52. The molecule has 0 spiro atoms.